The van der Waals surface area contributed by atoms with Crippen molar-refractivity contribution in [2.24, 2.45) is 0 Å². The Morgan fingerprint density at radius 2 is 1.93 bits per heavy atom. The van der Waals surface area contributed by atoms with Gasteiger partial charge in [0.05, 0.1) is 6.61 Å². The first kappa shape index (κ1) is 9.97. The largest absolute Gasteiger partial charge is 0.462 e. The molecule has 1 saturated heterocycles. The van der Waals surface area contributed by atoms with Crippen LogP contribution in [0.3, 0.4) is 0 Å². The average molecular weight is 202 g/mol. The zero-order valence-electron chi connectivity index (χ0n) is 9.04. The van der Waals surface area contributed by atoms with Gasteiger partial charge in [-0.05, 0) is 36.6 Å². The molecule has 0 radical (unpaired) electrons. The fourth-order valence-corrected chi connectivity index (χ4v) is 1.81. The summed E-state index contributed by atoms with van der Waals surface area (Å²) in [4.78, 5) is 11.3. The summed E-state index contributed by atoms with van der Waals surface area (Å²) in [6, 6.07) is 6.14. The lowest BCUT2D eigenvalue weighted by atomic mass is 10.00. The summed E-state index contributed by atoms with van der Waals surface area (Å²) in [6.07, 6.45) is 2.69. The van der Waals surface area contributed by atoms with Gasteiger partial charge in [-0.15, -0.1) is 0 Å². The van der Waals surface area contributed by atoms with Crippen molar-refractivity contribution in [1.82, 2.24) is 0 Å². The number of carbonyl (C=O) groups is 1. The quantitative estimate of drug-likeness (QED) is 0.517. The van der Waals surface area contributed by atoms with Crippen molar-refractivity contribution < 1.29 is 9.53 Å². The maximum Gasteiger partial charge on any atom is 0.334 e. The molecule has 0 aromatic heterocycles. The Bertz CT molecular complexity index is 410. The van der Waals surface area contributed by atoms with Crippen LogP contribution in [0.5, 0.6) is 0 Å². The highest BCUT2D eigenvalue weighted by atomic mass is 16.5. The van der Waals surface area contributed by atoms with E-state index in [1.165, 1.54) is 11.1 Å². The number of cyclic esters (lactones) is 1. The second-order valence-corrected chi connectivity index (χ2v) is 3.86. The first-order valence-electron chi connectivity index (χ1n) is 5.12. The molecule has 1 aliphatic rings. The van der Waals surface area contributed by atoms with E-state index >= 15 is 0 Å². The number of ether oxygens (including phenoxy) is 1. The van der Waals surface area contributed by atoms with Crippen LogP contribution in [0.25, 0.3) is 6.08 Å². The summed E-state index contributed by atoms with van der Waals surface area (Å²) in [6.45, 7) is 4.63. The molecule has 78 valence electrons. The van der Waals surface area contributed by atoms with Crippen LogP contribution in [-0.4, -0.2) is 12.6 Å². The Labute approximate surface area is 89.6 Å². The first-order valence-corrected chi connectivity index (χ1v) is 5.12. The number of aryl methyl sites for hydroxylation is 2. The third-order valence-electron chi connectivity index (χ3n) is 2.73. The molecule has 0 atom stereocenters. The number of benzene rings is 1. The summed E-state index contributed by atoms with van der Waals surface area (Å²) in [5.41, 5.74) is 4.32. The summed E-state index contributed by atoms with van der Waals surface area (Å²) in [5, 5.41) is 0. The minimum atomic E-state index is -0.169. The number of rotatable bonds is 1. The standard InChI is InChI=1S/C13H14O2/c1-9-4-3-5-10(2)12(9)8-11-6-7-15-13(11)14/h3-5,8H,6-7H2,1-2H3. The highest BCUT2D eigenvalue weighted by Crippen LogP contribution is 2.21. The van der Waals surface area contributed by atoms with Gasteiger partial charge in [-0.3, -0.25) is 0 Å². The molecule has 1 aromatic rings. The molecule has 0 amide bonds. The van der Waals surface area contributed by atoms with Gasteiger partial charge in [-0.2, -0.15) is 0 Å². The number of esters is 1. The lowest BCUT2D eigenvalue weighted by molar-refractivity contribution is -0.134. The summed E-state index contributed by atoms with van der Waals surface area (Å²) < 4.78 is 4.91. The number of hydrogen-bond acceptors (Lipinski definition) is 2. The Kier molecular flexibility index (Phi) is 2.58. The van der Waals surface area contributed by atoms with Crippen LogP contribution < -0.4 is 0 Å². The highest BCUT2D eigenvalue weighted by Gasteiger charge is 2.18. The molecule has 15 heavy (non-hydrogen) atoms. The van der Waals surface area contributed by atoms with Crippen molar-refractivity contribution in [3.63, 3.8) is 0 Å². The van der Waals surface area contributed by atoms with Crippen LogP contribution in [0.1, 0.15) is 23.1 Å². The van der Waals surface area contributed by atoms with E-state index in [1.54, 1.807) is 0 Å². The van der Waals surface area contributed by atoms with Gasteiger partial charge in [-0.25, -0.2) is 4.79 Å². The molecule has 2 nitrogen and oxygen atoms in total. The Balaban J connectivity index is 2.42. The minimum Gasteiger partial charge on any atom is -0.462 e. The van der Waals surface area contributed by atoms with Crippen molar-refractivity contribution in [3.05, 3.63) is 40.5 Å². The van der Waals surface area contributed by atoms with Gasteiger partial charge in [-0.1, -0.05) is 18.2 Å². The molecule has 0 spiro atoms. The predicted octanol–water partition coefficient (Wildman–Crippen LogP) is 2.63. The van der Waals surface area contributed by atoms with Crippen LogP contribution in [0.15, 0.2) is 23.8 Å². The van der Waals surface area contributed by atoms with Gasteiger partial charge < -0.3 is 4.74 Å². The third-order valence-corrected chi connectivity index (χ3v) is 2.73. The van der Waals surface area contributed by atoms with Gasteiger partial charge in [0, 0.05) is 12.0 Å². The second kappa shape index (κ2) is 3.89. The lowest BCUT2D eigenvalue weighted by Crippen LogP contribution is -1.95. The van der Waals surface area contributed by atoms with E-state index in [-0.39, 0.29) is 5.97 Å². The summed E-state index contributed by atoms with van der Waals surface area (Å²) in [5.74, 6) is -0.169. The van der Waals surface area contributed by atoms with E-state index in [2.05, 4.69) is 26.0 Å². The fourth-order valence-electron chi connectivity index (χ4n) is 1.81. The van der Waals surface area contributed by atoms with Gasteiger partial charge >= 0.3 is 5.97 Å². The molecular weight excluding hydrogens is 188 g/mol. The number of carbonyl (C=O) groups excluding carboxylic acids is 1. The van der Waals surface area contributed by atoms with E-state index in [0.717, 1.165) is 17.6 Å². The predicted molar refractivity (Wildman–Crippen MR) is 59.5 cm³/mol. The fraction of sp³-hybridized carbons (Fsp3) is 0.308. The van der Waals surface area contributed by atoms with Crippen molar-refractivity contribution in [2.45, 2.75) is 20.3 Å². The van der Waals surface area contributed by atoms with Gasteiger partial charge in [0.15, 0.2) is 0 Å². The molecule has 1 aliphatic heterocycles. The lowest BCUT2D eigenvalue weighted by Gasteiger charge is -2.04. The van der Waals surface area contributed by atoms with Crippen molar-refractivity contribution in [3.8, 4) is 0 Å². The smallest absolute Gasteiger partial charge is 0.334 e. The molecule has 1 heterocycles. The molecule has 1 fully saturated rings. The Morgan fingerprint density at radius 3 is 2.47 bits per heavy atom. The van der Waals surface area contributed by atoms with Crippen LogP contribution >= 0.6 is 0 Å². The van der Waals surface area contributed by atoms with Crippen LogP contribution in [0, 0.1) is 13.8 Å². The molecule has 1 aromatic carbocycles. The van der Waals surface area contributed by atoms with E-state index in [4.69, 9.17) is 4.74 Å². The SMILES string of the molecule is Cc1cccc(C)c1C=C1CCOC1=O. The summed E-state index contributed by atoms with van der Waals surface area (Å²) >= 11 is 0. The average Bonchev–Trinajstić information content (AvgIpc) is 2.58. The van der Waals surface area contributed by atoms with Crippen molar-refractivity contribution >= 4 is 12.0 Å². The zero-order valence-corrected chi connectivity index (χ0v) is 9.04. The van der Waals surface area contributed by atoms with Crippen molar-refractivity contribution in [1.29, 1.82) is 0 Å². The normalized spacial score (nSPS) is 18.3. The Morgan fingerprint density at radius 1 is 1.27 bits per heavy atom. The van der Waals surface area contributed by atoms with Gasteiger partial charge in [0.1, 0.15) is 0 Å². The molecule has 0 bridgehead atoms. The number of hydrogen-bond donors (Lipinski definition) is 0. The topological polar surface area (TPSA) is 26.3 Å². The van der Waals surface area contributed by atoms with E-state index in [1.807, 2.05) is 12.1 Å². The first-order chi connectivity index (χ1) is 7.18. The molecule has 2 heteroatoms. The van der Waals surface area contributed by atoms with Crippen LogP contribution in [-0.2, 0) is 9.53 Å². The second-order valence-electron chi connectivity index (χ2n) is 3.86. The molecule has 0 aliphatic carbocycles. The van der Waals surface area contributed by atoms with E-state index in [9.17, 15) is 4.79 Å². The van der Waals surface area contributed by atoms with Crippen LogP contribution in [0.4, 0.5) is 0 Å². The summed E-state index contributed by atoms with van der Waals surface area (Å²) in [7, 11) is 0. The third kappa shape index (κ3) is 1.94. The van der Waals surface area contributed by atoms with Crippen molar-refractivity contribution in [2.75, 3.05) is 6.61 Å². The molecule has 0 N–H and O–H groups in total. The van der Waals surface area contributed by atoms with Gasteiger partial charge in [0.2, 0.25) is 0 Å². The monoisotopic (exact) mass is 202 g/mol. The molecule has 0 unspecified atom stereocenters. The maximum atomic E-state index is 11.3. The van der Waals surface area contributed by atoms with Gasteiger partial charge in [0.25, 0.3) is 0 Å². The van der Waals surface area contributed by atoms with E-state index in [0.29, 0.717) is 6.61 Å². The minimum absolute atomic E-state index is 0.169. The Hall–Kier alpha value is -1.57. The zero-order chi connectivity index (χ0) is 10.8. The highest BCUT2D eigenvalue weighted by molar-refractivity contribution is 5.95. The van der Waals surface area contributed by atoms with E-state index < -0.39 is 0 Å². The molecule has 0 saturated carbocycles. The molecule has 2 rings (SSSR count). The van der Waals surface area contributed by atoms with Crippen LogP contribution in [0.2, 0.25) is 0 Å². The maximum absolute atomic E-state index is 11.3. The molecular formula is C13H14O2.